The van der Waals surface area contributed by atoms with Gasteiger partial charge in [0.05, 0.1) is 0 Å². The molecule has 2 aromatic carbocycles. The lowest BCUT2D eigenvalue weighted by Gasteiger charge is -2.02. The van der Waals surface area contributed by atoms with Gasteiger partial charge in [0.2, 0.25) is 0 Å². The first-order valence-electron chi connectivity index (χ1n) is 5.96. The molecule has 3 heteroatoms. The summed E-state index contributed by atoms with van der Waals surface area (Å²) in [5, 5.41) is 3.20. The Hall–Kier alpha value is -2.29. The highest BCUT2D eigenvalue weighted by molar-refractivity contribution is 5.74. The second-order valence-electron chi connectivity index (χ2n) is 4.33. The molecule has 3 aromatic rings. The minimum absolute atomic E-state index is 0.567. The number of aromatic nitrogens is 1. The zero-order valence-electron chi connectivity index (χ0n) is 10.2. The van der Waals surface area contributed by atoms with E-state index in [1.165, 1.54) is 11.1 Å². The highest BCUT2D eigenvalue weighted by atomic mass is 16.4. The third-order valence-corrected chi connectivity index (χ3v) is 2.82. The number of oxazole rings is 1. The van der Waals surface area contributed by atoms with Gasteiger partial charge in [-0.15, -0.1) is 0 Å². The van der Waals surface area contributed by atoms with Crippen LogP contribution in [0.1, 0.15) is 11.1 Å². The lowest BCUT2D eigenvalue weighted by Crippen LogP contribution is -1.99. The molecule has 0 unspecified atom stereocenters. The average Bonchev–Trinajstić information content (AvgIpc) is 2.79. The van der Waals surface area contributed by atoms with Crippen molar-refractivity contribution in [3.63, 3.8) is 0 Å². The number of hydrogen-bond donors (Lipinski definition) is 1. The largest absolute Gasteiger partial charge is 0.424 e. The molecular formula is C15H14N2O. The van der Waals surface area contributed by atoms with Crippen LogP contribution in [-0.2, 0) is 6.54 Å². The third kappa shape index (κ3) is 2.20. The van der Waals surface area contributed by atoms with Crippen LogP contribution in [0.2, 0.25) is 0 Å². The van der Waals surface area contributed by atoms with Gasteiger partial charge in [0.1, 0.15) is 5.52 Å². The van der Waals surface area contributed by atoms with Crippen molar-refractivity contribution in [1.29, 1.82) is 0 Å². The predicted molar refractivity (Wildman–Crippen MR) is 72.5 cm³/mol. The van der Waals surface area contributed by atoms with Gasteiger partial charge in [-0.25, -0.2) is 0 Å². The minimum Gasteiger partial charge on any atom is -0.424 e. The summed E-state index contributed by atoms with van der Waals surface area (Å²) in [6, 6.07) is 16.7. The van der Waals surface area contributed by atoms with Crippen molar-refractivity contribution in [2.75, 3.05) is 5.32 Å². The fourth-order valence-electron chi connectivity index (χ4n) is 1.95. The molecule has 0 saturated heterocycles. The molecule has 3 nitrogen and oxygen atoms in total. The van der Waals surface area contributed by atoms with Crippen LogP contribution in [0.5, 0.6) is 0 Å². The Kier molecular flexibility index (Phi) is 2.73. The van der Waals surface area contributed by atoms with Crippen molar-refractivity contribution >= 4 is 17.1 Å². The van der Waals surface area contributed by atoms with E-state index >= 15 is 0 Å². The topological polar surface area (TPSA) is 38.1 Å². The number of anilines is 1. The van der Waals surface area contributed by atoms with Crippen molar-refractivity contribution in [3.8, 4) is 0 Å². The Morgan fingerprint density at radius 1 is 1.11 bits per heavy atom. The third-order valence-electron chi connectivity index (χ3n) is 2.82. The number of rotatable bonds is 3. The first kappa shape index (κ1) is 10.8. The number of hydrogen-bond acceptors (Lipinski definition) is 3. The van der Waals surface area contributed by atoms with Crippen LogP contribution >= 0.6 is 0 Å². The van der Waals surface area contributed by atoms with E-state index in [2.05, 4.69) is 41.5 Å². The minimum atomic E-state index is 0.567. The van der Waals surface area contributed by atoms with Crippen molar-refractivity contribution in [1.82, 2.24) is 4.98 Å². The van der Waals surface area contributed by atoms with Crippen LogP contribution in [0.25, 0.3) is 11.1 Å². The van der Waals surface area contributed by atoms with E-state index in [9.17, 15) is 0 Å². The number of para-hydroxylation sites is 2. The quantitative estimate of drug-likeness (QED) is 0.755. The van der Waals surface area contributed by atoms with Crippen molar-refractivity contribution in [2.24, 2.45) is 0 Å². The molecule has 90 valence electrons. The van der Waals surface area contributed by atoms with Gasteiger partial charge >= 0.3 is 0 Å². The molecule has 3 rings (SSSR count). The van der Waals surface area contributed by atoms with Crippen LogP contribution in [-0.4, -0.2) is 4.98 Å². The zero-order chi connectivity index (χ0) is 12.4. The second kappa shape index (κ2) is 4.53. The van der Waals surface area contributed by atoms with Gasteiger partial charge in [0.25, 0.3) is 6.01 Å². The van der Waals surface area contributed by atoms with Gasteiger partial charge in [0.15, 0.2) is 5.58 Å². The Morgan fingerprint density at radius 3 is 2.83 bits per heavy atom. The molecule has 0 aliphatic carbocycles. The van der Waals surface area contributed by atoms with Gasteiger partial charge in [-0.2, -0.15) is 4.98 Å². The maximum absolute atomic E-state index is 5.60. The summed E-state index contributed by atoms with van der Waals surface area (Å²) >= 11 is 0. The summed E-state index contributed by atoms with van der Waals surface area (Å²) < 4.78 is 5.60. The summed E-state index contributed by atoms with van der Waals surface area (Å²) in [4.78, 5) is 4.37. The molecule has 0 radical (unpaired) electrons. The highest BCUT2D eigenvalue weighted by Gasteiger charge is 2.03. The molecule has 0 aliphatic heterocycles. The van der Waals surface area contributed by atoms with Crippen molar-refractivity contribution in [3.05, 3.63) is 59.7 Å². The normalized spacial score (nSPS) is 10.7. The standard InChI is InChI=1S/C15H14N2O/c1-11-5-4-6-12(9-11)10-16-15-17-13-7-2-3-8-14(13)18-15/h2-9H,10H2,1H3,(H,16,17). The van der Waals surface area contributed by atoms with E-state index in [1.54, 1.807) is 0 Å². The molecule has 1 aromatic heterocycles. The molecule has 0 atom stereocenters. The molecule has 1 N–H and O–H groups in total. The molecule has 0 saturated carbocycles. The first-order valence-corrected chi connectivity index (χ1v) is 5.96. The molecule has 0 spiro atoms. The maximum Gasteiger partial charge on any atom is 0.295 e. The Morgan fingerprint density at radius 2 is 2.00 bits per heavy atom. The summed E-state index contributed by atoms with van der Waals surface area (Å²) in [5.41, 5.74) is 4.16. The van der Waals surface area contributed by atoms with E-state index in [-0.39, 0.29) is 0 Å². The smallest absolute Gasteiger partial charge is 0.295 e. The summed E-state index contributed by atoms with van der Waals surface area (Å²) in [6.45, 7) is 2.80. The maximum atomic E-state index is 5.60. The summed E-state index contributed by atoms with van der Waals surface area (Å²) in [5.74, 6) is 0. The van der Waals surface area contributed by atoms with Crippen LogP contribution in [0.15, 0.2) is 52.9 Å². The fraction of sp³-hybridized carbons (Fsp3) is 0.133. The Labute approximate surface area is 105 Å². The molecule has 0 aliphatic rings. The van der Waals surface area contributed by atoms with E-state index in [1.807, 2.05) is 24.3 Å². The lowest BCUT2D eigenvalue weighted by atomic mass is 10.1. The van der Waals surface area contributed by atoms with Gasteiger partial charge in [0, 0.05) is 6.54 Å². The molecular weight excluding hydrogens is 224 g/mol. The van der Waals surface area contributed by atoms with Crippen molar-refractivity contribution < 1.29 is 4.42 Å². The van der Waals surface area contributed by atoms with Crippen LogP contribution in [0.3, 0.4) is 0 Å². The second-order valence-corrected chi connectivity index (χ2v) is 4.33. The van der Waals surface area contributed by atoms with Crippen LogP contribution < -0.4 is 5.32 Å². The van der Waals surface area contributed by atoms with Crippen molar-refractivity contribution in [2.45, 2.75) is 13.5 Å². The van der Waals surface area contributed by atoms with E-state index in [4.69, 9.17) is 4.42 Å². The monoisotopic (exact) mass is 238 g/mol. The molecule has 0 amide bonds. The molecule has 1 heterocycles. The zero-order valence-corrected chi connectivity index (χ0v) is 10.2. The fourth-order valence-corrected chi connectivity index (χ4v) is 1.95. The lowest BCUT2D eigenvalue weighted by molar-refractivity contribution is 0.614. The number of benzene rings is 2. The number of nitrogens with one attached hydrogen (secondary N) is 1. The van der Waals surface area contributed by atoms with E-state index in [0.29, 0.717) is 12.6 Å². The molecule has 0 fully saturated rings. The summed E-state index contributed by atoms with van der Waals surface area (Å²) in [7, 11) is 0. The average molecular weight is 238 g/mol. The summed E-state index contributed by atoms with van der Waals surface area (Å²) in [6.07, 6.45) is 0. The highest BCUT2D eigenvalue weighted by Crippen LogP contribution is 2.18. The number of aryl methyl sites for hydroxylation is 1. The molecule has 0 bridgehead atoms. The number of fused-ring (bicyclic) bond motifs is 1. The Bertz CT molecular complexity index is 640. The first-order chi connectivity index (χ1) is 8.81. The Balaban J connectivity index is 1.76. The number of nitrogens with zero attached hydrogens (tertiary/aromatic N) is 1. The van der Waals surface area contributed by atoms with Gasteiger partial charge in [-0.05, 0) is 24.6 Å². The van der Waals surface area contributed by atoms with Gasteiger partial charge in [-0.1, -0.05) is 42.0 Å². The molecule has 18 heavy (non-hydrogen) atoms. The van der Waals surface area contributed by atoms with Gasteiger partial charge < -0.3 is 9.73 Å². The SMILES string of the molecule is Cc1cccc(CNc2nc3ccccc3o2)c1. The van der Waals surface area contributed by atoms with E-state index < -0.39 is 0 Å². The van der Waals surface area contributed by atoms with Crippen LogP contribution in [0, 0.1) is 6.92 Å². The predicted octanol–water partition coefficient (Wildman–Crippen LogP) is 3.75. The van der Waals surface area contributed by atoms with Gasteiger partial charge in [-0.3, -0.25) is 0 Å². The van der Waals surface area contributed by atoms with E-state index in [0.717, 1.165) is 11.1 Å². The van der Waals surface area contributed by atoms with Crippen LogP contribution in [0.4, 0.5) is 6.01 Å².